The maximum Gasteiger partial charge on any atom is 0.424 e. The number of pyridine rings is 1. The highest BCUT2D eigenvalue weighted by Gasteiger charge is 2.57. The quantitative estimate of drug-likeness (QED) is 0.262. The van der Waals surface area contributed by atoms with Crippen molar-refractivity contribution in [1.82, 2.24) is 15.3 Å². The van der Waals surface area contributed by atoms with Crippen LogP contribution in [0, 0.1) is 5.82 Å². The minimum Gasteiger partial charge on any atom is -0.489 e. The molecular formula is C26H21F4N5O5. The Hall–Kier alpha value is -4.72. The van der Waals surface area contributed by atoms with Gasteiger partial charge in [0.1, 0.15) is 34.8 Å². The molecule has 0 bridgehead atoms. The van der Waals surface area contributed by atoms with Crippen molar-refractivity contribution in [2.75, 3.05) is 18.9 Å². The molecule has 0 saturated carbocycles. The van der Waals surface area contributed by atoms with Gasteiger partial charge in [-0.05, 0) is 55.5 Å². The first kappa shape index (κ1) is 26.9. The van der Waals surface area contributed by atoms with Gasteiger partial charge in [0.2, 0.25) is 11.5 Å². The predicted molar refractivity (Wildman–Crippen MR) is 132 cm³/mol. The molecule has 10 nitrogen and oxygen atoms in total. The van der Waals surface area contributed by atoms with Crippen molar-refractivity contribution >= 4 is 28.9 Å². The Kier molecular flexibility index (Phi) is 6.17. The topological polar surface area (TPSA) is 167 Å². The van der Waals surface area contributed by atoms with E-state index in [-0.39, 0.29) is 46.3 Å². The number of ether oxygens (including phenoxy) is 1. The zero-order chi connectivity index (χ0) is 29.0. The summed E-state index contributed by atoms with van der Waals surface area (Å²) in [5, 5.41) is 13.2. The average Bonchev–Trinajstić information content (AvgIpc) is 3.45. The second kappa shape index (κ2) is 9.19. The molecule has 1 aliphatic heterocycles. The summed E-state index contributed by atoms with van der Waals surface area (Å²) in [5.74, 6) is -2.50. The third-order valence-corrected chi connectivity index (χ3v) is 6.80. The van der Waals surface area contributed by atoms with Crippen molar-refractivity contribution in [2.45, 2.75) is 24.1 Å². The second-order valence-corrected chi connectivity index (χ2v) is 9.50. The zero-order valence-corrected chi connectivity index (χ0v) is 20.7. The van der Waals surface area contributed by atoms with E-state index in [2.05, 4.69) is 15.3 Å². The molecule has 208 valence electrons. The largest absolute Gasteiger partial charge is 0.489 e. The Morgan fingerprint density at radius 1 is 1.12 bits per heavy atom. The maximum atomic E-state index is 14.5. The van der Waals surface area contributed by atoms with E-state index in [1.807, 2.05) is 0 Å². The fourth-order valence-electron chi connectivity index (χ4n) is 4.33. The van der Waals surface area contributed by atoms with Crippen LogP contribution >= 0.6 is 0 Å². The Morgan fingerprint density at radius 3 is 2.48 bits per heavy atom. The summed E-state index contributed by atoms with van der Waals surface area (Å²) in [6.45, 7) is -0.276. The number of oxazole rings is 1. The number of amides is 2. The van der Waals surface area contributed by atoms with Gasteiger partial charge in [0, 0.05) is 16.7 Å². The average molecular weight is 559 g/mol. The number of benzene rings is 2. The minimum absolute atomic E-state index is 0.0372. The monoisotopic (exact) mass is 559 g/mol. The molecule has 0 unspecified atom stereocenters. The van der Waals surface area contributed by atoms with Crippen LogP contribution in [0.2, 0.25) is 0 Å². The van der Waals surface area contributed by atoms with Crippen LogP contribution in [-0.2, 0) is 15.8 Å². The van der Waals surface area contributed by atoms with Gasteiger partial charge in [-0.3, -0.25) is 9.59 Å². The van der Waals surface area contributed by atoms with Crippen molar-refractivity contribution in [2.24, 2.45) is 5.73 Å². The van der Waals surface area contributed by atoms with Gasteiger partial charge in [0.25, 0.3) is 11.9 Å². The molecular weight excluding hydrogens is 538 g/mol. The van der Waals surface area contributed by atoms with Gasteiger partial charge in [-0.2, -0.15) is 18.2 Å². The number of halogens is 4. The first-order valence-electron chi connectivity index (χ1n) is 11.7. The molecule has 6 N–H and O–H groups in total. The first-order chi connectivity index (χ1) is 18.7. The minimum atomic E-state index is -5.35. The summed E-state index contributed by atoms with van der Waals surface area (Å²) in [7, 11) is 0. The standard InChI is InChI=1S/C26H21F4N5O5/c1-24(22(31)37)11-39-20-15(24)9-18(35-19(20)12-2-5-14(27)6-3-12)25(38,26(28,29)30)10-33-21(36)13-4-7-16-17(8-13)40-23(32)34-16/h2-9,38H,10-11H2,1H3,(H2,31,37)(H2,32,34)(H,33,36)/t24-,25-/m0/s1. The van der Waals surface area contributed by atoms with Crippen LogP contribution in [0.5, 0.6) is 5.75 Å². The predicted octanol–water partition coefficient (Wildman–Crippen LogP) is 2.93. The number of carbonyl (C=O) groups is 2. The molecule has 1 aliphatic rings. The molecule has 0 fully saturated rings. The molecule has 0 radical (unpaired) electrons. The van der Waals surface area contributed by atoms with E-state index in [0.29, 0.717) is 5.52 Å². The molecule has 2 amide bonds. The molecule has 0 aliphatic carbocycles. The molecule has 4 aromatic rings. The number of carbonyl (C=O) groups excluding carboxylic acids is 2. The fraction of sp³-hybridized carbons (Fsp3) is 0.231. The molecule has 2 atom stereocenters. The Bertz CT molecular complexity index is 1660. The van der Waals surface area contributed by atoms with Crippen LogP contribution in [0.1, 0.15) is 28.5 Å². The van der Waals surface area contributed by atoms with Gasteiger partial charge in [-0.1, -0.05) is 0 Å². The highest BCUT2D eigenvalue weighted by atomic mass is 19.4. The lowest BCUT2D eigenvalue weighted by Crippen LogP contribution is -2.51. The molecule has 0 spiro atoms. The second-order valence-electron chi connectivity index (χ2n) is 9.50. The highest BCUT2D eigenvalue weighted by Crippen LogP contribution is 2.47. The van der Waals surface area contributed by atoms with Gasteiger partial charge >= 0.3 is 6.18 Å². The molecule has 40 heavy (non-hydrogen) atoms. The van der Waals surface area contributed by atoms with Crippen LogP contribution in [-0.4, -0.2) is 46.2 Å². The van der Waals surface area contributed by atoms with Crippen LogP contribution in [0.15, 0.2) is 52.9 Å². The third kappa shape index (κ3) is 4.35. The summed E-state index contributed by atoms with van der Waals surface area (Å²) in [5.41, 5.74) is 5.11. The molecule has 3 heterocycles. The SMILES string of the molecule is C[C@]1(C(N)=O)COc2c1cc([C@@](O)(CNC(=O)c1ccc3nc(N)oc3c1)C(F)(F)F)nc2-c1ccc(F)cc1. The van der Waals surface area contributed by atoms with E-state index in [1.165, 1.54) is 37.3 Å². The van der Waals surface area contributed by atoms with E-state index < -0.39 is 47.1 Å². The number of nitrogens with zero attached hydrogens (tertiary/aromatic N) is 2. The number of nitrogens with one attached hydrogen (secondary N) is 1. The van der Waals surface area contributed by atoms with E-state index in [4.69, 9.17) is 20.6 Å². The summed E-state index contributed by atoms with van der Waals surface area (Å²) in [4.78, 5) is 33.0. The number of aromatic nitrogens is 2. The normalized spacial score (nSPS) is 18.1. The smallest absolute Gasteiger partial charge is 0.424 e. The van der Waals surface area contributed by atoms with E-state index in [9.17, 15) is 32.3 Å². The van der Waals surface area contributed by atoms with Crippen LogP contribution in [0.4, 0.5) is 23.6 Å². The summed E-state index contributed by atoms with van der Waals surface area (Å²) in [6.07, 6.45) is -5.35. The summed E-state index contributed by atoms with van der Waals surface area (Å²) >= 11 is 0. The third-order valence-electron chi connectivity index (χ3n) is 6.80. The number of hydrogen-bond acceptors (Lipinski definition) is 8. The lowest BCUT2D eigenvalue weighted by molar-refractivity contribution is -0.265. The van der Waals surface area contributed by atoms with Crippen molar-refractivity contribution in [3.8, 4) is 17.0 Å². The van der Waals surface area contributed by atoms with Gasteiger partial charge in [-0.15, -0.1) is 0 Å². The van der Waals surface area contributed by atoms with Crippen molar-refractivity contribution in [1.29, 1.82) is 0 Å². The maximum absolute atomic E-state index is 14.5. The lowest BCUT2D eigenvalue weighted by Gasteiger charge is -2.31. The summed E-state index contributed by atoms with van der Waals surface area (Å²) in [6, 6.07) is 9.27. The highest BCUT2D eigenvalue weighted by molar-refractivity contribution is 5.97. The zero-order valence-electron chi connectivity index (χ0n) is 20.7. The number of nitrogen functional groups attached to an aromatic ring is 1. The number of aliphatic hydroxyl groups is 1. The molecule has 5 rings (SSSR count). The van der Waals surface area contributed by atoms with Gasteiger partial charge in [-0.25, -0.2) is 9.37 Å². The van der Waals surface area contributed by atoms with Crippen LogP contribution < -0.4 is 21.5 Å². The van der Waals surface area contributed by atoms with Crippen LogP contribution in [0.3, 0.4) is 0 Å². The molecule has 0 saturated heterocycles. The van der Waals surface area contributed by atoms with Crippen molar-refractivity contribution in [3.05, 3.63) is 71.2 Å². The number of rotatable bonds is 6. The fourth-order valence-corrected chi connectivity index (χ4v) is 4.33. The number of anilines is 1. The van der Waals surface area contributed by atoms with E-state index in [0.717, 1.165) is 18.2 Å². The Labute approximate surface area is 222 Å². The van der Waals surface area contributed by atoms with Crippen molar-refractivity contribution < 1.29 is 41.4 Å². The van der Waals surface area contributed by atoms with Gasteiger partial charge < -0.3 is 31.0 Å². The van der Waals surface area contributed by atoms with Gasteiger partial charge in [0.15, 0.2) is 5.58 Å². The van der Waals surface area contributed by atoms with Crippen LogP contribution in [0.25, 0.3) is 22.4 Å². The van der Waals surface area contributed by atoms with Gasteiger partial charge in [0.05, 0.1) is 12.2 Å². The summed E-state index contributed by atoms with van der Waals surface area (Å²) < 4.78 is 67.8. The number of hydrogen-bond donors (Lipinski definition) is 4. The molecule has 14 heteroatoms. The number of fused-ring (bicyclic) bond motifs is 2. The lowest BCUT2D eigenvalue weighted by atomic mass is 9.81. The number of alkyl halides is 3. The number of nitrogens with two attached hydrogens (primary N) is 2. The first-order valence-corrected chi connectivity index (χ1v) is 11.7. The molecule has 2 aromatic carbocycles. The molecule has 2 aromatic heterocycles. The van der Waals surface area contributed by atoms with E-state index in [1.54, 1.807) is 0 Å². The van der Waals surface area contributed by atoms with E-state index >= 15 is 0 Å². The Morgan fingerprint density at radius 2 is 1.82 bits per heavy atom. The Balaban J connectivity index is 1.58. The number of primary amides is 1. The van der Waals surface area contributed by atoms with Crippen molar-refractivity contribution in [3.63, 3.8) is 0 Å².